The average Bonchev–Trinajstić information content (AvgIpc) is 3.22. The van der Waals surface area contributed by atoms with Gasteiger partial charge in [0.25, 0.3) is 0 Å². The lowest BCUT2D eigenvalue weighted by Crippen LogP contribution is -2.31. The van der Waals surface area contributed by atoms with Crippen molar-refractivity contribution in [3.8, 4) is 0 Å². The van der Waals surface area contributed by atoms with Gasteiger partial charge in [0.2, 0.25) is 0 Å². The third-order valence-corrected chi connectivity index (χ3v) is 11.3. The molecule has 10 heteroatoms. The molecule has 1 saturated heterocycles. The van der Waals surface area contributed by atoms with Crippen LogP contribution in [0.4, 0.5) is 4.79 Å². The molecule has 1 heterocycles. The number of hydrogen-bond acceptors (Lipinski definition) is 10. The third-order valence-electron chi connectivity index (χ3n) is 11.3. The van der Waals surface area contributed by atoms with Gasteiger partial charge in [0.15, 0.2) is 0 Å². The average molecular weight is 824 g/mol. The van der Waals surface area contributed by atoms with Gasteiger partial charge in [-0.1, -0.05) is 143 Å². The van der Waals surface area contributed by atoms with Gasteiger partial charge in [0, 0.05) is 38.1 Å². The van der Waals surface area contributed by atoms with Crippen LogP contribution in [0.3, 0.4) is 0 Å². The zero-order chi connectivity index (χ0) is 42.2. The number of hydrogen-bond donors (Lipinski definition) is 0. The highest BCUT2D eigenvalue weighted by molar-refractivity contribution is 5.70. The van der Waals surface area contributed by atoms with Crippen LogP contribution in [0.25, 0.3) is 0 Å². The number of nitrogens with zero attached hydrogens (tertiary/aromatic N) is 1. The summed E-state index contributed by atoms with van der Waals surface area (Å²) in [5.41, 5.74) is 0. The molecule has 0 aromatic carbocycles. The maximum atomic E-state index is 12.7. The van der Waals surface area contributed by atoms with Crippen LogP contribution >= 0.6 is 0 Å². The molecule has 1 atom stereocenters. The van der Waals surface area contributed by atoms with E-state index < -0.39 is 6.16 Å². The Hall–Kier alpha value is -2.36. The minimum atomic E-state index is -0.632. The van der Waals surface area contributed by atoms with E-state index in [9.17, 15) is 19.2 Å². The SMILES string of the molecule is CCCCCCCCCCCCC(CCOC(=O)CCCCC(COC(=O)CCCCCCC)COC(=O)CCCCCCC)OC(=O)OCCCN1CCCCC1. The number of piperidine rings is 1. The van der Waals surface area contributed by atoms with Gasteiger partial charge < -0.3 is 28.6 Å². The Bertz CT molecular complexity index is 956. The van der Waals surface area contributed by atoms with Crippen LogP contribution in [-0.2, 0) is 38.1 Å². The van der Waals surface area contributed by atoms with Crippen molar-refractivity contribution < 1.29 is 42.9 Å². The lowest BCUT2D eigenvalue weighted by molar-refractivity contribution is -0.149. The largest absolute Gasteiger partial charge is 0.508 e. The summed E-state index contributed by atoms with van der Waals surface area (Å²) < 4.78 is 28.0. The number of ether oxygens (including phenoxy) is 5. The Morgan fingerprint density at radius 1 is 0.448 bits per heavy atom. The monoisotopic (exact) mass is 824 g/mol. The van der Waals surface area contributed by atoms with Crippen molar-refractivity contribution in [2.45, 2.75) is 232 Å². The number of carbonyl (C=O) groups excluding carboxylic acids is 4. The third kappa shape index (κ3) is 34.5. The minimum Gasteiger partial charge on any atom is -0.466 e. The molecule has 340 valence electrons. The number of esters is 3. The molecular formula is C48H89NO9. The molecule has 0 spiro atoms. The van der Waals surface area contributed by atoms with Crippen LogP contribution in [0.15, 0.2) is 0 Å². The quantitative estimate of drug-likeness (QED) is 0.0336. The summed E-state index contributed by atoms with van der Waals surface area (Å²) in [4.78, 5) is 52.6. The van der Waals surface area contributed by atoms with Gasteiger partial charge in [0.05, 0.1) is 26.4 Å². The van der Waals surface area contributed by atoms with Crippen molar-refractivity contribution in [1.82, 2.24) is 4.90 Å². The molecular weight excluding hydrogens is 735 g/mol. The molecule has 0 aromatic heterocycles. The van der Waals surface area contributed by atoms with Gasteiger partial charge in [-0.25, -0.2) is 4.79 Å². The molecule has 0 N–H and O–H groups in total. The highest BCUT2D eigenvalue weighted by Gasteiger charge is 2.19. The molecule has 0 radical (unpaired) electrons. The molecule has 0 bridgehead atoms. The smallest absolute Gasteiger partial charge is 0.466 e. The summed E-state index contributed by atoms with van der Waals surface area (Å²) in [7, 11) is 0. The van der Waals surface area contributed by atoms with Crippen LogP contribution < -0.4 is 0 Å². The highest BCUT2D eigenvalue weighted by atomic mass is 16.7. The second kappa shape index (κ2) is 40.1. The van der Waals surface area contributed by atoms with Crippen molar-refractivity contribution in [2.24, 2.45) is 5.92 Å². The van der Waals surface area contributed by atoms with E-state index in [0.717, 1.165) is 103 Å². The van der Waals surface area contributed by atoms with E-state index in [-0.39, 0.29) is 56.2 Å². The van der Waals surface area contributed by atoms with E-state index in [2.05, 4.69) is 25.7 Å². The molecule has 0 aromatic rings. The van der Waals surface area contributed by atoms with Crippen LogP contribution in [0.2, 0.25) is 0 Å². The summed E-state index contributed by atoms with van der Waals surface area (Å²) in [5, 5.41) is 0. The standard InChI is InChI=1S/C48H89NO9/c1-4-7-10-13-14-15-16-17-20-22-31-44(58-48(53)55-39-29-38-49-36-27-21-28-37-49)35-40-54-45(50)34-26-25-30-43(41-56-46(51)32-23-18-11-8-5-2)42-57-47(52)33-24-19-12-9-6-3/h43-44H,4-42H2,1-3H3. The van der Waals surface area contributed by atoms with Crippen LogP contribution in [0.5, 0.6) is 0 Å². The van der Waals surface area contributed by atoms with Crippen LogP contribution in [0, 0.1) is 5.92 Å². The second-order valence-electron chi connectivity index (χ2n) is 16.9. The first-order valence-electron chi connectivity index (χ1n) is 24.4. The summed E-state index contributed by atoms with van der Waals surface area (Å²) in [6.07, 6.45) is 30.8. The fourth-order valence-electron chi connectivity index (χ4n) is 7.52. The highest BCUT2D eigenvalue weighted by Crippen LogP contribution is 2.18. The molecule has 1 rings (SSSR count). The summed E-state index contributed by atoms with van der Waals surface area (Å²) >= 11 is 0. The van der Waals surface area contributed by atoms with E-state index in [4.69, 9.17) is 23.7 Å². The molecule has 58 heavy (non-hydrogen) atoms. The van der Waals surface area contributed by atoms with Crippen LogP contribution in [-0.4, -0.2) is 81.1 Å². The van der Waals surface area contributed by atoms with Gasteiger partial charge in [-0.3, -0.25) is 14.4 Å². The first kappa shape index (κ1) is 53.7. The fourth-order valence-corrected chi connectivity index (χ4v) is 7.52. The summed E-state index contributed by atoms with van der Waals surface area (Å²) in [6.45, 7) is 10.7. The lowest BCUT2D eigenvalue weighted by Gasteiger charge is -2.26. The number of carbonyl (C=O) groups is 4. The molecule has 1 fully saturated rings. The van der Waals surface area contributed by atoms with Gasteiger partial charge in [0.1, 0.15) is 6.10 Å². The molecule has 1 aliphatic heterocycles. The molecule has 1 aliphatic rings. The van der Waals surface area contributed by atoms with E-state index >= 15 is 0 Å². The van der Waals surface area contributed by atoms with Crippen molar-refractivity contribution in [3.63, 3.8) is 0 Å². The van der Waals surface area contributed by atoms with Crippen molar-refractivity contribution in [1.29, 1.82) is 0 Å². The van der Waals surface area contributed by atoms with Crippen molar-refractivity contribution in [3.05, 3.63) is 0 Å². The summed E-state index contributed by atoms with van der Waals surface area (Å²) in [5.74, 6) is -0.802. The van der Waals surface area contributed by atoms with E-state index in [1.165, 1.54) is 83.5 Å². The van der Waals surface area contributed by atoms with Crippen LogP contribution in [0.1, 0.15) is 226 Å². The van der Waals surface area contributed by atoms with Gasteiger partial charge in [-0.05, 0) is 70.9 Å². The second-order valence-corrected chi connectivity index (χ2v) is 16.9. The van der Waals surface area contributed by atoms with E-state index in [0.29, 0.717) is 38.7 Å². The Morgan fingerprint density at radius 3 is 1.43 bits per heavy atom. The topological polar surface area (TPSA) is 118 Å². The Kier molecular flexibility index (Phi) is 37.1. The molecule has 0 amide bonds. The van der Waals surface area contributed by atoms with E-state index in [1.807, 2.05) is 0 Å². The zero-order valence-electron chi connectivity index (χ0n) is 37.9. The first-order chi connectivity index (χ1) is 28.4. The predicted octanol–water partition coefficient (Wildman–Crippen LogP) is 12.6. The van der Waals surface area contributed by atoms with Gasteiger partial charge in [-0.2, -0.15) is 0 Å². The molecule has 10 nitrogen and oxygen atoms in total. The Balaban J connectivity index is 2.48. The van der Waals surface area contributed by atoms with Crippen molar-refractivity contribution >= 4 is 24.1 Å². The van der Waals surface area contributed by atoms with Crippen molar-refractivity contribution in [2.75, 3.05) is 46.1 Å². The number of unbranched alkanes of at least 4 members (excludes halogenated alkanes) is 18. The number of rotatable bonds is 40. The number of likely N-dealkylation sites (tertiary alicyclic amines) is 1. The lowest BCUT2D eigenvalue weighted by atomic mass is 10.0. The molecule has 0 aliphatic carbocycles. The zero-order valence-corrected chi connectivity index (χ0v) is 37.9. The molecule has 0 saturated carbocycles. The first-order valence-corrected chi connectivity index (χ1v) is 24.4. The molecule has 1 unspecified atom stereocenters. The normalized spacial score (nSPS) is 13.7. The van der Waals surface area contributed by atoms with Gasteiger partial charge >= 0.3 is 24.1 Å². The predicted molar refractivity (Wildman–Crippen MR) is 234 cm³/mol. The summed E-state index contributed by atoms with van der Waals surface area (Å²) in [6, 6.07) is 0. The maximum absolute atomic E-state index is 12.7. The fraction of sp³-hybridized carbons (Fsp3) is 0.917. The van der Waals surface area contributed by atoms with E-state index in [1.54, 1.807) is 0 Å². The minimum absolute atomic E-state index is 0.114. The Morgan fingerprint density at radius 2 is 0.897 bits per heavy atom. The Labute approximate surface area is 355 Å². The maximum Gasteiger partial charge on any atom is 0.508 e. The van der Waals surface area contributed by atoms with Gasteiger partial charge in [-0.15, -0.1) is 0 Å².